The Morgan fingerprint density at radius 3 is 1.94 bits per heavy atom. The summed E-state index contributed by atoms with van der Waals surface area (Å²) < 4.78 is 0. The van der Waals surface area contributed by atoms with E-state index in [0.717, 1.165) is 11.4 Å². The first kappa shape index (κ1) is 11.1. The van der Waals surface area contributed by atoms with Crippen molar-refractivity contribution in [2.45, 2.75) is 0 Å². The molecule has 0 spiro atoms. The Morgan fingerprint density at radius 1 is 0.812 bits per heavy atom. The fraction of sp³-hybridized carbons (Fsp3) is 0. The van der Waals surface area contributed by atoms with Gasteiger partial charge in [-0.2, -0.15) is 0 Å². The second-order valence-electron chi connectivity index (χ2n) is 3.33. The maximum atomic E-state index is 9.14. The number of hydrogen-bond donors (Lipinski definition) is 2. The van der Waals surface area contributed by atoms with E-state index in [9.17, 15) is 0 Å². The summed E-state index contributed by atoms with van der Waals surface area (Å²) in [7, 11) is 0. The number of nitrogens with one attached hydrogen (secondary N) is 1. The van der Waals surface area contributed by atoms with E-state index in [0.29, 0.717) is 10.0 Å². The summed E-state index contributed by atoms with van der Waals surface area (Å²) in [4.78, 5) is 0. The second-order valence-corrected chi connectivity index (χ2v) is 4.20. The molecule has 0 saturated carbocycles. The van der Waals surface area contributed by atoms with Crippen molar-refractivity contribution in [2.24, 2.45) is 0 Å². The molecule has 16 heavy (non-hydrogen) atoms. The maximum absolute atomic E-state index is 9.14. The van der Waals surface area contributed by atoms with Crippen LogP contribution in [-0.4, -0.2) is 5.11 Å². The number of aromatic hydroxyl groups is 1. The van der Waals surface area contributed by atoms with Crippen LogP contribution in [0.4, 0.5) is 11.4 Å². The van der Waals surface area contributed by atoms with Crippen molar-refractivity contribution >= 4 is 34.6 Å². The Bertz CT molecular complexity index is 477. The van der Waals surface area contributed by atoms with Crippen molar-refractivity contribution in [3.63, 3.8) is 0 Å². The third-order valence-electron chi connectivity index (χ3n) is 2.02. The van der Waals surface area contributed by atoms with Gasteiger partial charge in [0.2, 0.25) is 0 Å². The summed E-state index contributed by atoms with van der Waals surface area (Å²) in [6.45, 7) is 0. The molecular weight excluding hydrogens is 245 g/mol. The molecule has 0 aliphatic carbocycles. The van der Waals surface area contributed by atoms with Crippen LogP contribution >= 0.6 is 23.2 Å². The number of rotatable bonds is 2. The number of hydrogen-bond acceptors (Lipinski definition) is 2. The third kappa shape index (κ3) is 2.81. The molecule has 0 fully saturated rings. The minimum atomic E-state index is 0.231. The molecule has 0 aliphatic rings. The first-order valence-electron chi connectivity index (χ1n) is 4.65. The van der Waals surface area contributed by atoms with E-state index in [-0.39, 0.29) is 5.75 Å². The zero-order valence-electron chi connectivity index (χ0n) is 8.24. The van der Waals surface area contributed by atoms with Crippen LogP contribution in [0.1, 0.15) is 0 Å². The fourth-order valence-corrected chi connectivity index (χ4v) is 1.86. The van der Waals surface area contributed by atoms with Crippen molar-refractivity contribution in [1.29, 1.82) is 0 Å². The van der Waals surface area contributed by atoms with Crippen LogP contribution in [0.2, 0.25) is 10.0 Å². The highest BCUT2D eigenvalue weighted by Gasteiger charge is 1.99. The summed E-state index contributed by atoms with van der Waals surface area (Å²) in [6.07, 6.45) is 0. The van der Waals surface area contributed by atoms with Crippen molar-refractivity contribution in [1.82, 2.24) is 0 Å². The lowest BCUT2D eigenvalue weighted by Gasteiger charge is -2.07. The molecule has 2 rings (SSSR count). The molecule has 0 aromatic heterocycles. The summed E-state index contributed by atoms with van der Waals surface area (Å²) in [5.41, 5.74) is 1.67. The first-order chi connectivity index (χ1) is 7.63. The van der Waals surface area contributed by atoms with Crippen LogP contribution in [0.3, 0.4) is 0 Å². The molecule has 0 atom stereocenters. The quantitative estimate of drug-likeness (QED) is 0.776. The zero-order valence-corrected chi connectivity index (χ0v) is 9.76. The van der Waals surface area contributed by atoms with E-state index in [1.54, 1.807) is 42.5 Å². The summed E-state index contributed by atoms with van der Waals surface area (Å²) >= 11 is 11.8. The van der Waals surface area contributed by atoms with Crippen molar-refractivity contribution in [2.75, 3.05) is 5.32 Å². The molecule has 0 heterocycles. The molecule has 0 radical (unpaired) electrons. The Morgan fingerprint density at radius 2 is 1.38 bits per heavy atom. The SMILES string of the molecule is Oc1ccc(Nc2cc(Cl)cc(Cl)c2)cc1. The van der Waals surface area contributed by atoms with Crippen molar-refractivity contribution in [3.05, 3.63) is 52.5 Å². The lowest BCUT2D eigenvalue weighted by atomic mass is 10.2. The van der Waals surface area contributed by atoms with Crippen LogP contribution in [-0.2, 0) is 0 Å². The first-order valence-corrected chi connectivity index (χ1v) is 5.41. The van der Waals surface area contributed by atoms with Crippen LogP contribution < -0.4 is 5.32 Å². The van der Waals surface area contributed by atoms with Crippen LogP contribution in [0.15, 0.2) is 42.5 Å². The van der Waals surface area contributed by atoms with Gasteiger partial charge in [-0.1, -0.05) is 23.2 Å². The molecule has 82 valence electrons. The molecule has 0 unspecified atom stereocenters. The van der Waals surface area contributed by atoms with E-state index in [4.69, 9.17) is 28.3 Å². The number of anilines is 2. The predicted octanol–water partition coefficient (Wildman–Crippen LogP) is 4.44. The van der Waals surface area contributed by atoms with Gasteiger partial charge in [-0.05, 0) is 42.5 Å². The molecule has 2 aromatic carbocycles. The van der Waals surface area contributed by atoms with Crippen LogP contribution in [0, 0.1) is 0 Å². The van der Waals surface area contributed by atoms with E-state index in [1.165, 1.54) is 0 Å². The maximum Gasteiger partial charge on any atom is 0.115 e. The van der Waals surface area contributed by atoms with Gasteiger partial charge >= 0.3 is 0 Å². The Labute approximate surface area is 103 Å². The number of benzene rings is 2. The van der Waals surface area contributed by atoms with Gasteiger partial charge in [0.1, 0.15) is 5.75 Å². The smallest absolute Gasteiger partial charge is 0.115 e. The Kier molecular flexibility index (Phi) is 3.22. The normalized spacial score (nSPS) is 10.1. The van der Waals surface area contributed by atoms with E-state index in [1.807, 2.05) is 0 Å². The molecule has 4 heteroatoms. The average Bonchev–Trinajstić information content (AvgIpc) is 2.20. The number of phenolic OH excluding ortho intramolecular Hbond substituents is 1. The predicted molar refractivity (Wildman–Crippen MR) is 67.9 cm³/mol. The molecule has 0 aliphatic heterocycles. The van der Waals surface area contributed by atoms with Gasteiger partial charge in [-0.3, -0.25) is 0 Å². The molecule has 2 aromatic rings. The van der Waals surface area contributed by atoms with E-state index < -0.39 is 0 Å². The van der Waals surface area contributed by atoms with Crippen molar-refractivity contribution in [3.8, 4) is 5.75 Å². The third-order valence-corrected chi connectivity index (χ3v) is 2.45. The molecule has 0 amide bonds. The van der Waals surface area contributed by atoms with Gasteiger partial charge in [0.15, 0.2) is 0 Å². The van der Waals surface area contributed by atoms with Crippen molar-refractivity contribution < 1.29 is 5.11 Å². The van der Waals surface area contributed by atoms with Gasteiger partial charge in [0.05, 0.1) is 0 Å². The number of phenols is 1. The van der Waals surface area contributed by atoms with E-state index in [2.05, 4.69) is 5.32 Å². The summed E-state index contributed by atoms with van der Waals surface area (Å²) in [5.74, 6) is 0.231. The van der Waals surface area contributed by atoms with Gasteiger partial charge < -0.3 is 10.4 Å². The van der Waals surface area contributed by atoms with Gasteiger partial charge in [0.25, 0.3) is 0 Å². The zero-order chi connectivity index (χ0) is 11.5. The molecule has 2 nitrogen and oxygen atoms in total. The lowest BCUT2D eigenvalue weighted by molar-refractivity contribution is 0.475. The largest absolute Gasteiger partial charge is 0.508 e. The van der Waals surface area contributed by atoms with Gasteiger partial charge in [0, 0.05) is 21.4 Å². The highest BCUT2D eigenvalue weighted by Crippen LogP contribution is 2.25. The number of halogens is 2. The van der Waals surface area contributed by atoms with Crippen LogP contribution in [0.25, 0.3) is 0 Å². The monoisotopic (exact) mass is 253 g/mol. The lowest BCUT2D eigenvalue weighted by Crippen LogP contribution is -1.89. The molecule has 0 bridgehead atoms. The molecular formula is C12H9Cl2NO. The fourth-order valence-electron chi connectivity index (χ4n) is 1.34. The van der Waals surface area contributed by atoms with Gasteiger partial charge in [-0.15, -0.1) is 0 Å². The second kappa shape index (κ2) is 4.64. The Balaban J connectivity index is 2.23. The minimum Gasteiger partial charge on any atom is -0.508 e. The molecule has 0 saturated heterocycles. The van der Waals surface area contributed by atoms with Gasteiger partial charge in [-0.25, -0.2) is 0 Å². The minimum absolute atomic E-state index is 0.231. The topological polar surface area (TPSA) is 32.3 Å². The standard InChI is InChI=1S/C12H9Cl2NO/c13-8-5-9(14)7-11(6-8)15-10-1-3-12(16)4-2-10/h1-7,15-16H. The molecule has 2 N–H and O–H groups in total. The van der Waals surface area contributed by atoms with Crippen LogP contribution in [0.5, 0.6) is 5.75 Å². The van der Waals surface area contributed by atoms with E-state index >= 15 is 0 Å². The highest BCUT2D eigenvalue weighted by molar-refractivity contribution is 6.35. The summed E-state index contributed by atoms with van der Waals surface area (Å²) in [6, 6.07) is 12.0. The highest BCUT2D eigenvalue weighted by atomic mass is 35.5. The average molecular weight is 254 g/mol. The summed E-state index contributed by atoms with van der Waals surface area (Å²) in [5, 5.41) is 13.4. The Hall–Kier alpha value is -1.38.